The van der Waals surface area contributed by atoms with Crippen LogP contribution in [0.5, 0.6) is 5.75 Å². The number of nitrogens with one attached hydrogen (secondary N) is 1. The molecule has 0 spiro atoms. The molecule has 1 saturated carbocycles. The Morgan fingerprint density at radius 3 is 2.54 bits per heavy atom. The van der Waals surface area contributed by atoms with Crippen LogP contribution < -0.4 is 10.1 Å². The monoisotopic (exact) mass is 407 g/mol. The van der Waals surface area contributed by atoms with Crippen molar-refractivity contribution < 1.29 is 9.53 Å². The van der Waals surface area contributed by atoms with Crippen LogP contribution >= 0.6 is 11.6 Å². The number of amides is 1. The number of carbonyl (C=O) groups excluding carboxylic acids is 1. The van der Waals surface area contributed by atoms with Gasteiger partial charge < -0.3 is 15.0 Å². The normalized spacial score (nSPS) is 21.9. The Balaban J connectivity index is 1.58. The summed E-state index contributed by atoms with van der Waals surface area (Å²) >= 11 is 6.07. The van der Waals surface area contributed by atoms with Gasteiger partial charge in [0.15, 0.2) is 6.10 Å². The lowest BCUT2D eigenvalue weighted by Crippen LogP contribution is -2.62. The molecule has 1 saturated heterocycles. The highest BCUT2D eigenvalue weighted by atomic mass is 35.5. The number of piperazine rings is 1. The summed E-state index contributed by atoms with van der Waals surface area (Å²) in [6, 6.07) is 5.49. The Labute approximate surface area is 174 Å². The topological polar surface area (TPSA) is 44.8 Å². The number of ether oxygens (including phenoxy) is 1. The van der Waals surface area contributed by atoms with Gasteiger partial charge in [0.05, 0.1) is 0 Å². The number of hydrogen-bond donors (Lipinski definition) is 1. The van der Waals surface area contributed by atoms with Crippen molar-refractivity contribution in [1.82, 2.24) is 15.1 Å². The second kappa shape index (κ2) is 9.47. The summed E-state index contributed by atoms with van der Waals surface area (Å²) in [4.78, 5) is 17.7. The molecule has 0 radical (unpaired) electrons. The first-order valence-electron chi connectivity index (χ1n) is 10.5. The van der Waals surface area contributed by atoms with Crippen molar-refractivity contribution in [3.63, 3.8) is 0 Å². The highest BCUT2D eigenvalue weighted by molar-refractivity contribution is 6.31. The molecule has 0 bridgehead atoms. The molecule has 1 aromatic carbocycles. The first-order valence-corrected chi connectivity index (χ1v) is 10.9. The van der Waals surface area contributed by atoms with Gasteiger partial charge in [-0.25, -0.2) is 0 Å². The lowest BCUT2D eigenvalue weighted by molar-refractivity contribution is -0.128. The summed E-state index contributed by atoms with van der Waals surface area (Å²) < 4.78 is 5.85. The molecule has 1 amide bonds. The minimum absolute atomic E-state index is 0.0494. The zero-order valence-electron chi connectivity index (χ0n) is 17.5. The molecule has 1 heterocycles. The number of aryl methyl sites for hydroxylation is 1. The van der Waals surface area contributed by atoms with Gasteiger partial charge in [-0.1, -0.05) is 30.9 Å². The predicted molar refractivity (Wildman–Crippen MR) is 114 cm³/mol. The minimum atomic E-state index is -0.534. The van der Waals surface area contributed by atoms with Crippen molar-refractivity contribution >= 4 is 17.5 Å². The van der Waals surface area contributed by atoms with E-state index in [1.165, 1.54) is 32.1 Å². The summed E-state index contributed by atoms with van der Waals surface area (Å²) in [5, 5.41) is 3.91. The Kier molecular flexibility index (Phi) is 7.24. The van der Waals surface area contributed by atoms with E-state index in [0.29, 0.717) is 17.3 Å². The number of nitrogens with zero attached hydrogens (tertiary/aromatic N) is 2. The molecule has 1 aliphatic carbocycles. The summed E-state index contributed by atoms with van der Waals surface area (Å²) in [5.74, 6) is 0.627. The summed E-state index contributed by atoms with van der Waals surface area (Å²) in [7, 11) is 2.18. The van der Waals surface area contributed by atoms with Crippen molar-refractivity contribution in [3.8, 4) is 5.75 Å². The predicted octanol–water partition coefficient (Wildman–Crippen LogP) is 3.48. The highest BCUT2D eigenvalue weighted by Crippen LogP contribution is 2.34. The van der Waals surface area contributed by atoms with Gasteiger partial charge in [-0.2, -0.15) is 0 Å². The number of hydrogen-bond acceptors (Lipinski definition) is 4. The number of rotatable bonds is 6. The van der Waals surface area contributed by atoms with Crippen molar-refractivity contribution in [2.24, 2.45) is 0 Å². The van der Waals surface area contributed by atoms with E-state index in [-0.39, 0.29) is 11.4 Å². The molecule has 28 heavy (non-hydrogen) atoms. The first kappa shape index (κ1) is 21.4. The SMILES string of the molecule is Cc1cc(O[C@@H](C)C(=O)NCC2(N3CCN(C)CC3)CCCCC2)ccc1Cl. The molecule has 1 N–H and O–H groups in total. The van der Waals surface area contributed by atoms with Gasteiger partial charge >= 0.3 is 0 Å². The molecule has 156 valence electrons. The van der Waals surface area contributed by atoms with Gasteiger partial charge in [0.2, 0.25) is 0 Å². The van der Waals surface area contributed by atoms with Crippen LogP contribution in [0.1, 0.15) is 44.6 Å². The fraction of sp³-hybridized carbons (Fsp3) is 0.682. The number of benzene rings is 1. The summed E-state index contributed by atoms with van der Waals surface area (Å²) in [6.07, 6.45) is 5.61. The fourth-order valence-corrected chi connectivity index (χ4v) is 4.56. The standard InChI is InChI=1S/C22H34ClN3O2/c1-17-15-19(7-8-20(17)23)28-18(2)21(27)24-16-22(9-5-4-6-10-22)26-13-11-25(3)12-14-26/h7-8,15,18H,4-6,9-14,16H2,1-3H3,(H,24,27)/t18-/m0/s1. The van der Waals surface area contributed by atoms with Crippen LogP contribution in [0.2, 0.25) is 5.02 Å². The molecule has 5 nitrogen and oxygen atoms in total. The number of carbonyl (C=O) groups is 1. The van der Waals surface area contributed by atoms with Crippen LogP contribution in [0.4, 0.5) is 0 Å². The average Bonchev–Trinajstić information content (AvgIpc) is 2.70. The smallest absolute Gasteiger partial charge is 0.260 e. The fourth-order valence-electron chi connectivity index (χ4n) is 4.44. The minimum Gasteiger partial charge on any atom is -0.481 e. The highest BCUT2D eigenvalue weighted by Gasteiger charge is 2.39. The van der Waals surface area contributed by atoms with Gasteiger partial charge in [-0.3, -0.25) is 9.69 Å². The molecule has 1 aliphatic heterocycles. The molecule has 0 aromatic heterocycles. The van der Waals surface area contributed by atoms with Crippen LogP contribution in [-0.4, -0.2) is 67.1 Å². The van der Waals surface area contributed by atoms with Gasteiger partial charge in [0.25, 0.3) is 5.91 Å². The average molecular weight is 408 g/mol. The van der Waals surface area contributed by atoms with E-state index in [1.54, 1.807) is 6.07 Å². The van der Waals surface area contributed by atoms with Crippen LogP contribution in [0, 0.1) is 6.92 Å². The van der Waals surface area contributed by atoms with E-state index in [4.69, 9.17) is 16.3 Å². The quantitative estimate of drug-likeness (QED) is 0.784. The van der Waals surface area contributed by atoms with Gasteiger partial charge in [-0.15, -0.1) is 0 Å². The largest absolute Gasteiger partial charge is 0.481 e. The molecular weight excluding hydrogens is 374 g/mol. The lowest BCUT2D eigenvalue weighted by atomic mass is 9.79. The van der Waals surface area contributed by atoms with E-state index in [2.05, 4.69) is 22.2 Å². The third-order valence-corrected chi connectivity index (χ3v) is 6.79. The van der Waals surface area contributed by atoms with E-state index < -0.39 is 6.10 Å². The Bertz CT molecular complexity index is 668. The molecule has 1 aromatic rings. The van der Waals surface area contributed by atoms with Gasteiger partial charge in [0, 0.05) is 43.3 Å². The zero-order valence-corrected chi connectivity index (χ0v) is 18.2. The second-order valence-electron chi connectivity index (χ2n) is 8.46. The summed E-state index contributed by atoms with van der Waals surface area (Å²) in [5.41, 5.74) is 1.05. The van der Waals surface area contributed by atoms with Crippen molar-refractivity contribution in [2.45, 2.75) is 57.6 Å². The molecule has 2 fully saturated rings. The van der Waals surface area contributed by atoms with E-state index in [0.717, 1.165) is 31.7 Å². The van der Waals surface area contributed by atoms with Crippen molar-refractivity contribution in [2.75, 3.05) is 39.8 Å². The lowest BCUT2D eigenvalue weighted by Gasteiger charge is -2.49. The molecule has 0 unspecified atom stereocenters. The van der Waals surface area contributed by atoms with Crippen molar-refractivity contribution in [1.29, 1.82) is 0 Å². The maximum absolute atomic E-state index is 12.7. The molecule has 2 aliphatic rings. The maximum atomic E-state index is 12.7. The number of likely N-dealkylation sites (N-methyl/N-ethyl adjacent to an activating group) is 1. The molecule has 6 heteroatoms. The third-order valence-electron chi connectivity index (χ3n) is 6.36. The van der Waals surface area contributed by atoms with Crippen LogP contribution in [0.3, 0.4) is 0 Å². The third kappa shape index (κ3) is 5.19. The zero-order chi connectivity index (χ0) is 20.1. The van der Waals surface area contributed by atoms with Crippen LogP contribution in [0.25, 0.3) is 0 Å². The van der Waals surface area contributed by atoms with Crippen LogP contribution in [0.15, 0.2) is 18.2 Å². The van der Waals surface area contributed by atoms with Gasteiger partial charge in [-0.05, 0) is 57.5 Å². The van der Waals surface area contributed by atoms with E-state index >= 15 is 0 Å². The van der Waals surface area contributed by atoms with Crippen LogP contribution in [-0.2, 0) is 4.79 Å². The Morgan fingerprint density at radius 2 is 1.89 bits per heavy atom. The second-order valence-corrected chi connectivity index (χ2v) is 8.87. The van der Waals surface area contributed by atoms with E-state index in [9.17, 15) is 4.79 Å². The summed E-state index contributed by atoms with van der Waals surface area (Å²) in [6.45, 7) is 8.83. The number of halogens is 1. The first-order chi connectivity index (χ1) is 13.4. The Hall–Kier alpha value is -1.30. The molecule has 3 rings (SSSR count). The van der Waals surface area contributed by atoms with Crippen molar-refractivity contribution in [3.05, 3.63) is 28.8 Å². The Morgan fingerprint density at radius 1 is 1.21 bits per heavy atom. The molecular formula is C22H34ClN3O2. The van der Waals surface area contributed by atoms with E-state index in [1.807, 2.05) is 26.0 Å². The molecule has 1 atom stereocenters. The maximum Gasteiger partial charge on any atom is 0.260 e. The van der Waals surface area contributed by atoms with Gasteiger partial charge in [0.1, 0.15) is 5.75 Å².